The standard InChI is InChI=1S/C32H28N2/c1-21-5-3-7-26(19-21)31-29(17-18-30(34)32(31)27-8-4-6-22(2)20-27)25-11-9-23(10-12-25)24-13-15-28(33)16-14-24/h3-20H,33-34H2,1-2H3. The summed E-state index contributed by atoms with van der Waals surface area (Å²) in [6, 6.07) is 38.1. The highest BCUT2D eigenvalue weighted by Gasteiger charge is 2.17. The summed E-state index contributed by atoms with van der Waals surface area (Å²) >= 11 is 0. The summed E-state index contributed by atoms with van der Waals surface area (Å²) in [6.07, 6.45) is 0. The molecule has 5 aromatic rings. The summed E-state index contributed by atoms with van der Waals surface area (Å²) in [5.74, 6) is 0. The number of hydrogen-bond acceptors (Lipinski definition) is 2. The average Bonchev–Trinajstić information content (AvgIpc) is 2.84. The SMILES string of the molecule is Cc1cccc(-c2c(N)ccc(-c3ccc(-c4ccc(N)cc4)cc3)c2-c2cccc(C)c2)c1. The van der Waals surface area contributed by atoms with Gasteiger partial charge in [0.25, 0.3) is 0 Å². The van der Waals surface area contributed by atoms with Crippen LogP contribution in [0.1, 0.15) is 11.1 Å². The van der Waals surface area contributed by atoms with E-state index in [1.807, 2.05) is 18.2 Å². The fourth-order valence-electron chi connectivity index (χ4n) is 4.59. The number of hydrogen-bond donors (Lipinski definition) is 2. The molecule has 0 amide bonds. The van der Waals surface area contributed by atoms with Gasteiger partial charge in [0, 0.05) is 16.9 Å². The van der Waals surface area contributed by atoms with Crippen LogP contribution in [0, 0.1) is 13.8 Å². The van der Waals surface area contributed by atoms with Crippen molar-refractivity contribution in [3.8, 4) is 44.5 Å². The Morgan fingerprint density at radius 1 is 0.441 bits per heavy atom. The third-order valence-electron chi connectivity index (χ3n) is 6.29. The molecule has 0 saturated carbocycles. The molecule has 166 valence electrons. The van der Waals surface area contributed by atoms with Gasteiger partial charge in [-0.3, -0.25) is 0 Å². The van der Waals surface area contributed by atoms with Crippen LogP contribution in [0.4, 0.5) is 11.4 Å². The molecule has 0 radical (unpaired) electrons. The Balaban J connectivity index is 1.71. The van der Waals surface area contributed by atoms with Gasteiger partial charge in [-0.25, -0.2) is 0 Å². The summed E-state index contributed by atoms with van der Waals surface area (Å²) in [4.78, 5) is 0. The highest BCUT2D eigenvalue weighted by atomic mass is 14.6. The maximum absolute atomic E-state index is 6.63. The maximum atomic E-state index is 6.63. The Bertz CT molecular complexity index is 1460. The molecule has 5 rings (SSSR count). The molecule has 4 N–H and O–H groups in total. The molecule has 2 nitrogen and oxygen atoms in total. The first-order chi connectivity index (χ1) is 16.5. The van der Waals surface area contributed by atoms with Crippen molar-refractivity contribution in [1.82, 2.24) is 0 Å². The number of rotatable bonds is 4. The lowest BCUT2D eigenvalue weighted by Crippen LogP contribution is -1.97. The van der Waals surface area contributed by atoms with Crippen LogP contribution in [-0.2, 0) is 0 Å². The molecule has 0 bridgehead atoms. The van der Waals surface area contributed by atoms with Crippen molar-refractivity contribution in [1.29, 1.82) is 0 Å². The number of anilines is 2. The lowest BCUT2D eigenvalue weighted by molar-refractivity contribution is 1.45. The quantitative estimate of drug-likeness (QED) is 0.277. The Hall–Kier alpha value is -4.30. The zero-order valence-corrected chi connectivity index (χ0v) is 19.5. The van der Waals surface area contributed by atoms with E-state index in [1.54, 1.807) is 0 Å². The first-order valence-corrected chi connectivity index (χ1v) is 11.5. The van der Waals surface area contributed by atoms with E-state index in [-0.39, 0.29) is 0 Å². The summed E-state index contributed by atoms with van der Waals surface area (Å²) in [5, 5.41) is 0. The minimum Gasteiger partial charge on any atom is -0.399 e. The van der Waals surface area contributed by atoms with Crippen molar-refractivity contribution in [2.45, 2.75) is 13.8 Å². The van der Waals surface area contributed by atoms with Gasteiger partial charge in [-0.2, -0.15) is 0 Å². The molecule has 0 aliphatic rings. The minimum absolute atomic E-state index is 0.772. The van der Waals surface area contributed by atoms with Gasteiger partial charge in [0.05, 0.1) is 0 Å². The first-order valence-electron chi connectivity index (χ1n) is 11.5. The second kappa shape index (κ2) is 8.92. The van der Waals surface area contributed by atoms with Crippen molar-refractivity contribution in [2.75, 3.05) is 11.5 Å². The minimum atomic E-state index is 0.772. The molecule has 0 unspecified atom stereocenters. The van der Waals surface area contributed by atoms with Crippen LogP contribution in [-0.4, -0.2) is 0 Å². The molecule has 0 saturated heterocycles. The van der Waals surface area contributed by atoms with Crippen molar-refractivity contribution < 1.29 is 0 Å². The van der Waals surface area contributed by atoms with Gasteiger partial charge >= 0.3 is 0 Å². The van der Waals surface area contributed by atoms with E-state index in [2.05, 4.69) is 105 Å². The van der Waals surface area contributed by atoms with Crippen molar-refractivity contribution in [2.24, 2.45) is 0 Å². The second-order valence-electron chi connectivity index (χ2n) is 8.89. The van der Waals surface area contributed by atoms with E-state index in [4.69, 9.17) is 11.5 Å². The van der Waals surface area contributed by atoms with Gasteiger partial charge in [-0.05, 0) is 71.0 Å². The fraction of sp³-hybridized carbons (Fsp3) is 0.0625. The third-order valence-corrected chi connectivity index (χ3v) is 6.29. The van der Waals surface area contributed by atoms with E-state index < -0.39 is 0 Å². The van der Waals surface area contributed by atoms with Crippen LogP contribution in [0.5, 0.6) is 0 Å². The number of nitrogen functional groups attached to an aromatic ring is 2. The predicted octanol–water partition coefficient (Wildman–Crippen LogP) is 8.14. The summed E-state index contributed by atoms with van der Waals surface area (Å²) in [6.45, 7) is 4.25. The number of aryl methyl sites for hydroxylation is 2. The van der Waals surface area contributed by atoms with Crippen LogP contribution in [0.3, 0.4) is 0 Å². The zero-order valence-electron chi connectivity index (χ0n) is 19.5. The molecule has 0 heterocycles. The van der Waals surface area contributed by atoms with Crippen molar-refractivity contribution in [3.05, 3.63) is 120 Å². The molecular weight excluding hydrogens is 412 g/mol. The summed E-state index contributed by atoms with van der Waals surface area (Å²) < 4.78 is 0. The van der Waals surface area contributed by atoms with Crippen LogP contribution in [0.25, 0.3) is 44.5 Å². The first kappa shape index (κ1) is 21.5. The Morgan fingerprint density at radius 3 is 1.50 bits per heavy atom. The third kappa shape index (κ3) is 4.18. The van der Waals surface area contributed by atoms with Gasteiger partial charge in [-0.15, -0.1) is 0 Å². The van der Waals surface area contributed by atoms with Crippen molar-refractivity contribution in [3.63, 3.8) is 0 Å². The lowest BCUT2D eigenvalue weighted by Gasteiger charge is -2.19. The maximum Gasteiger partial charge on any atom is 0.0400 e. The Labute approximate surface area is 201 Å². The van der Waals surface area contributed by atoms with Gasteiger partial charge in [0.15, 0.2) is 0 Å². The monoisotopic (exact) mass is 440 g/mol. The largest absolute Gasteiger partial charge is 0.399 e. The Kier molecular flexibility index (Phi) is 5.65. The van der Waals surface area contributed by atoms with Crippen LogP contribution in [0.15, 0.2) is 109 Å². The molecule has 0 fully saturated rings. The van der Waals surface area contributed by atoms with E-state index in [0.717, 1.165) is 44.8 Å². The van der Waals surface area contributed by atoms with E-state index in [9.17, 15) is 0 Å². The molecule has 5 aromatic carbocycles. The zero-order chi connectivity index (χ0) is 23.7. The van der Waals surface area contributed by atoms with Gasteiger partial charge in [0.2, 0.25) is 0 Å². The second-order valence-corrected chi connectivity index (χ2v) is 8.89. The van der Waals surface area contributed by atoms with E-state index in [0.29, 0.717) is 0 Å². The van der Waals surface area contributed by atoms with E-state index in [1.165, 1.54) is 22.3 Å². The molecule has 2 heteroatoms. The molecule has 0 atom stereocenters. The predicted molar refractivity (Wildman–Crippen MR) is 146 cm³/mol. The average molecular weight is 441 g/mol. The summed E-state index contributed by atoms with van der Waals surface area (Å²) in [7, 11) is 0. The highest BCUT2D eigenvalue weighted by molar-refractivity contribution is 5.99. The van der Waals surface area contributed by atoms with Crippen LogP contribution in [0.2, 0.25) is 0 Å². The molecule has 0 aliphatic carbocycles. The van der Waals surface area contributed by atoms with Gasteiger partial charge in [0.1, 0.15) is 0 Å². The molecular formula is C32H28N2. The molecule has 0 aromatic heterocycles. The van der Waals surface area contributed by atoms with E-state index >= 15 is 0 Å². The topological polar surface area (TPSA) is 52.0 Å². The van der Waals surface area contributed by atoms with Crippen molar-refractivity contribution >= 4 is 11.4 Å². The normalized spacial score (nSPS) is 10.9. The Morgan fingerprint density at radius 2 is 0.941 bits per heavy atom. The van der Waals surface area contributed by atoms with Gasteiger partial charge in [-0.1, -0.05) is 102 Å². The van der Waals surface area contributed by atoms with Gasteiger partial charge < -0.3 is 11.5 Å². The van der Waals surface area contributed by atoms with Crippen LogP contribution >= 0.6 is 0 Å². The molecule has 34 heavy (non-hydrogen) atoms. The number of benzene rings is 5. The lowest BCUT2D eigenvalue weighted by atomic mass is 9.85. The van der Waals surface area contributed by atoms with Crippen LogP contribution < -0.4 is 11.5 Å². The fourth-order valence-corrected chi connectivity index (χ4v) is 4.59. The summed E-state index contributed by atoms with van der Waals surface area (Å²) in [5.41, 5.74) is 25.7. The molecule has 0 spiro atoms. The molecule has 0 aliphatic heterocycles. The smallest absolute Gasteiger partial charge is 0.0400 e. The number of nitrogens with two attached hydrogens (primary N) is 2. The highest BCUT2D eigenvalue weighted by Crippen LogP contribution is 2.44.